The van der Waals surface area contributed by atoms with Crippen molar-refractivity contribution >= 4 is 11.9 Å². The van der Waals surface area contributed by atoms with Crippen LogP contribution in [-0.4, -0.2) is 20.4 Å². The van der Waals surface area contributed by atoms with Gasteiger partial charge in [0.05, 0.1) is 0 Å². The number of hydrogen-bond acceptors (Lipinski definition) is 3. The number of benzene rings is 2. The van der Waals surface area contributed by atoms with E-state index in [1.165, 1.54) is 17.2 Å². The van der Waals surface area contributed by atoms with Gasteiger partial charge in [-0.15, -0.1) is 0 Å². The molecule has 0 saturated heterocycles. The van der Waals surface area contributed by atoms with Gasteiger partial charge in [-0.3, -0.25) is 4.79 Å². The molecule has 0 aliphatic heterocycles. The first-order valence-electron chi connectivity index (χ1n) is 9.85. The molecular weight excluding hydrogens is 360 g/mol. The Kier molecular flexibility index (Phi) is 6.80. The van der Waals surface area contributed by atoms with Gasteiger partial charge in [0.25, 0.3) is 0 Å². The van der Waals surface area contributed by atoms with Crippen LogP contribution < -0.4 is 0 Å². The average Bonchev–Trinajstić information content (AvgIpc) is 3.16. The van der Waals surface area contributed by atoms with Crippen LogP contribution in [0.3, 0.4) is 0 Å². The second-order valence-electron chi connectivity index (χ2n) is 6.87. The van der Waals surface area contributed by atoms with E-state index >= 15 is 0 Å². The summed E-state index contributed by atoms with van der Waals surface area (Å²) in [6.07, 6.45) is 6.01. The number of ketones is 1. The number of aryl methyl sites for hydroxylation is 1. The van der Waals surface area contributed by atoms with Crippen molar-refractivity contribution in [2.24, 2.45) is 0 Å². The molecular formula is C25H26N2O2. The summed E-state index contributed by atoms with van der Waals surface area (Å²) in [4.78, 5) is 16.1. The average molecular weight is 386 g/mol. The van der Waals surface area contributed by atoms with Crippen LogP contribution in [0.2, 0.25) is 0 Å². The fourth-order valence-electron chi connectivity index (χ4n) is 3.54. The maximum atomic E-state index is 11.7. The molecule has 4 nitrogen and oxygen atoms in total. The number of hydrogen-bond donors (Lipinski definition) is 1. The zero-order valence-electron chi connectivity index (χ0n) is 16.7. The molecule has 148 valence electrons. The van der Waals surface area contributed by atoms with E-state index in [9.17, 15) is 9.90 Å². The smallest absolute Gasteiger partial charge is 0.219 e. The van der Waals surface area contributed by atoms with Crippen molar-refractivity contribution in [3.63, 3.8) is 0 Å². The number of nitrogens with zero attached hydrogens (tertiary/aromatic N) is 2. The number of aliphatic hydroxyl groups is 1. The van der Waals surface area contributed by atoms with Crippen LogP contribution in [0.5, 0.6) is 0 Å². The van der Waals surface area contributed by atoms with Crippen molar-refractivity contribution < 1.29 is 9.90 Å². The Balaban J connectivity index is 1.91. The van der Waals surface area contributed by atoms with Crippen LogP contribution in [0.1, 0.15) is 41.9 Å². The molecule has 0 amide bonds. The Morgan fingerprint density at radius 1 is 1.10 bits per heavy atom. The first-order chi connectivity index (χ1) is 14.1. The molecule has 1 aromatic heterocycles. The second kappa shape index (κ2) is 9.69. The van der Waals surface area contributed by atoms with E-state index in [-0.39, 0.29) is 11.7 Å². The van der Waals surface area contributed by atoms with Gasteiger partial charge in [0.2, 0.25) is 5.78 Å². The molecule has 1 heterocycles. The highest BCUT2D eigenvalue weighted by Gasteiger charge is 2.16. The Labute approximate surface area is 171 Å². The third-order valence-corrected chi connectivity index (χ3v) is 5.08. The number of rotatable bonds is 9. The van der Waals surface area contributed by atoms with E-state index in [0.29, 0.717) is 5.82 Å². The molecule has 3 aromatic rings. The zero-order chi connectivity index (χ0) is 20.6. The highest BCUT2D eigenvalue weighted by atomic mass is 16.3. The second-order valence-corrected chi connectivity index (χ2v) is 6.87. The summed E-state index contributed by atoms with van der Waals surface area (Å²) in [5.74, 6) is -0.0413. The molecule has 3 rings (SSSR count). The molecule has 1 N–H and O–H groups in total. The predicted molar refractivity (Wildman–Crippen MR) is 117 cm³/mol. The zero-order valence-corrected chi connectivity index (χ0v) is 16.7. The van der Waals surface area contributed by atoms with Crippen molar-refractivity contribution in [3.05, 3.63) is 108 Å². The molecule has 0 bridgehead atoms. The van der Waals surface area contributed by atoms with Gasteiger partial charge in [-0.1, -0.05) is 74.2 Å². The van der Waals surface area contributed by atoms with E-state index in [2.05, 4.69) is 71.6 Å². The number of carbonyl (C=O) groups is 1. The minimum atomic E-state index is -0.510. The van der Waals surface area contributed by atoms with Crippen LogP contribution in [0.15, 0.2) is 85.3 Å². The molecule has 0 radical (unpaired) electrons. The molecule has 0 aliphatic rings. The van der Waals surface area contributed by atoms with E-state index in [0.717, 1.165) is 31.2 Å². The summed E-state index contributed by atoms with van der Waals surface area (Å²) >= 11 is 0. The van der Waals surface area contributed by atoms with Crippen LogP contribution in [0, 0.1) is 0 Å². The number of aliphatic hydroxyl groups excluding tert-OH is 1. The highest BCUT2D eigenvalue weighted by Crippen LogP contribution is 2.29. The van der Waals surface area contributed by atoms with Crippen molar-refractivity contribution in [2.75, 3.05) is 0 Å². The maximum Gasteiger partial charge on any atom is 0.219 e. The minimum absolute atomic E-state index is 0.240. The molecule has 0 fully saturated rings. The first-order valence-corrected chi connectivity index (χ1v) is 9.85. The van der Waals surface area contributed by atoms with Crippen molar-refractivity contribution in [1.29, 1.82) is 0 Å². The number of carbonyl (C=O) groups excluding carboxylic acids is 1. The van der Waals surface area contributed by atoms with Gasteiger partial charge in [0.1, 0.15) is 5.82 Å². The third kappa shape index (κ3) is 4.91. The normalized spacial score (nSPS) is 11.6. The fourth-order valence-corrected chi connectivity index (χ4v) is 3.54. The van der Waals surface area contributed by atoms with Crippen molar-refractivity contribution in [3.8, 4) is 0 Å². The number of aromatic nitrogens is 2. The minimum Gasteiger partial charge on any atom is -0.504 e. The highest BCUT2D eigenvalue weighted by molar-refractivity contribution is 6.04. The standard InChI is InChI=1S/C25H26N2O2/c1-3-21-18-26-25(17-24(29)23(28)4-2)27(21)16-15-22(19-11-7-5-8-12-19)20-13-9-6-10-14-20/h4-14,17-18,22,29H,2-3,15-16H2,1H3/b24-17-. The topological polar surface area (TPSA) is 55.1 Å². The molecule has 0 spiro atoms. The lowest BCUT2D eigenvalue weighted by Gasteiger charge is -2.20. The molecule has 0 unspecified atom stereocenters. The Morgan fingerprint density at radius 2 is 1.69 bits per heavy atom. The number of imidazole rings is 1. The van der Waals surface area contributed by atoms with Gasteiger partial charge in [0.15, 0.2) is 5.76 Å². The Morgan fingerprint density at radius 3 is 2.21 bits per heavy atom. The van der Waals surface area contributed by atoms with Gasteiger partial charge in [-0.25, -0.2) is 4.98 Å². The van der Waals surface area contributed by atoms with E-state index in [1.54, 1.807) is 6.20 Å². The van der Waals surface area contributed by atoms with Crippen LogP contribution in [0.25, 0.3) is 6.08 Å². The monoisotopic (exact) mass is 386 g/mol. The Bertz CT molecular complexity index is 949. The lowest BCUT2D eigenvalue weighted by Crippen LogP contribution is -2.11. The SMILES string of the molecule is C=CC(=O)/C(O)=C/c1ncc(CC)n1CCC(c1ccccc1)c1ccccc1. The molecule has 29 heavy (non-hydrogen) atoms. The van der Waals surface area contributed by atoms with E-state index in [4.69, 9.17) is 0 Å². The van der Waals surface area contributed by atoms with Gasteiger partial charge >= 0.3 is 0 Å². The van der Waals surface area contributed by atoms with E-state index < -0.39 is 5.78 Å². The molecule has 0 atom stereocenters. The lowest BCUT2D eigenvalue weighted by atomic mass is 9.88. The van der Waals surface area contributed by atoms with Crippen molar-refractivity contribution in [2.45, 2.75) is 32.2 Å². The fraction of sp³-hybridized carbons (Fsp3) is 0.200. The quantitative estimate of drug-likeness (QED) is 0.400. The third-order valence-electron chi connectivity index (χ3n) is 5.08. The predicted octanol–water partition coefficient (Wildman–Crippen LogP) is 5.32. The molecule has 2 aromatic carbocycles. The summed E-state index contributed by atoms with van der Waals surface area (Å²) in [6.45, 7) is 6.21. The number of allylic oxidation sites excluding steroid dienone is 1. The maximum absolute atomic E-state index is 11.7. The van der Waals surface area contributed by atoms with E-state index in [1.807, 2.05) is 12.1 Å². The van der Waals surface area contributed by atoms with Crippen LogP contribution in [-0.2, 0) is 17.8 Å². The summed E-state index contributed by atoms with van der Waals surface area (Å²) in [6, 6.07) is 20.9. The largest absolute Gasteiger partial charge is 0.504 e. The Hall–Kier alpha value is -3.40. The van der Waals surface area contributed by atoms with Crippen LogP contribution >= 0.6 is 0 Å². The summed E-state index contributed by atoms with van der Waals surface area (Å²) < 4.78 is 2.07. The molecule has 4 heteroatoms. The molecule has 0 saturated carbocycles. The van der Waals surface area contributed by atoms with Gasteiger partial charge < -0.3 is 9.67 Å². The summed E-state index contributed by atoms with van der Waals surface area (Å²) in [5, 5.41) is 10.00. The van der Waals surface area contributed by atoms with Gasteiger partial charge in [-0.2, -0.15) is 0 Å². The van der Waals surface area contributed by atoms with Gasteiger partial charge in [-0.05, 0) is 30.0 Å². The summed E-state index contributed by atoms with van der Waals surface area (Å²) in [5.41, 5.74) is 3.59. The lowest BCUT2D eigenvalue weighted by molar-refractivity contribution is -0.113. The first kappa shape index (κ1) is 20.3. The van der Waals surface area contributed by atoms with Crippen molar-refractivity contribution in [1.82, 2.24) is 9.55 Å². The molecule has 0 aliphatic carbocycles. The van der Waals surface area contributed by atoms with Crippen LogP contribution in [0.4, 0.5) is 0 Å². The summed E-state index contributed by atoms with van der Waals surface area (Å²) in [7, 11) is 0. The van der Waals surface area contributed by atoms with Gasteiger partial charge in [0, 0.05) is 30.4 Å².